The molecule has 5 rings (SSSR count). The summed E-state index contributed by atoms with van der Waals surface area (Å²) < 4.78 is 29.6. The maximum atomic E-state index is 13.5. The second kappa shape index (κ2) is 10.3. The lowest BCUT2D eigenvalue weighted by Gasteiger charge is -2.42. The Hall–Kier alpha value is -3.12. The number of carbonyl (C=O) groups excluding carboxylic acids is 1. The van der Waals surface area contributed by atoms with Crippen LogP contribution in [0.25, 0.3) is 10.9 Å². The summed E-state index contributed by atoms with van der Waals surface area (Å²) in [6, 6.07) is 13.2. The maximum absolute atomic E-state index is 13.5. The first-order valence-corrected chi connectivity index (χ1v) is 14.5. The van der Waals surface area contributed by atoms with E-state index < -0.39 is 22.1 Å². The summed E-state index contributed by atoms with van der Waals surface area (Å²) in [6.07, 6.45) is 3.41. The zero-order valence-corrected chi connectivity index (χ0v) is 22.4. The Labute approximate surface area is 229 Å². The minimum absolute atomic E-state index is 0. The van der Waals surface area contributed by atoms with Crippen molar-refractivity contribution in [3.05, 3.63) is 71.3 Å². The molecule has 9 nitrogen and oxygen atoms in total. The lowest BCUT2D eigenvalue weighted by molar-refractivity contribution is -0.138. The number of carbonyl (C=O) groups is 1. The average Bonchev–Trinajstić information content (AvgIpc) is 3.57. The highest BCUT2D eigenvalue weighted by Crippen LogP contribution is 2.27. The largest absolute Gasteiger partial charge is 0.394 e. The molecule has 3 heterocycles. The molecule has 2 atom stereocenters. The quantitative estimate of drug-likeness (QED) is 0.332. The molecule has 1 fully saturated rings. The van der Waals surface area contributed by atoms with Crippen LogP contribution in [0.2, 0.25) is 5.02 Å². The van der Waals surface area contributed by atoms with Crippen molar-refractivity contribution in [3.63, 3.8) is 0 Å². The molecule has 2 N–H and O–H groups in total. The van der Waals surface area contributed by atoms with Gasteiger partial charge in [0.15, 0.2) is 5.13 Å². The fourth-order valence-electron chi connectivity index (χ4n) is 4.64. The van der Waals surface area contributed by atoms with E-state index in [0.29, 0.717) is 29.8 Å². The molecule has 2 aromatic heterocycles. The highest BCUT2D eigenvalue weighted by atomic mass is 35.5. The molecular weight excluding hydrogens is 534 g/mol. The second-order valence-electron chi connectivity index (χ2n) is 8.85. The Bertz CT molecular complexity index is 1520. The van der Waals surface area contributed by atoms with E-state index in [-0.39, 0.29) is 23.1 Å². The summed E-state index contributed by atoms with van der Waals surface area (Å²) in [5.41, 5.74) is 1.70. The molecule has 1 saturated heterocycles. The number of aromatic nitrogens is 2. The van der Waals surface area contributed by atoms with E-state index in [2.05, 4.69) is 9.71 Å². The molecule has 0 unspecified atom stereocenters. The van der Waals surface area contributed by atoms with Gasteiger partial charge in [-0.2, -0.15) is 0 Å². The molecule has 4 aromatic rings. The monoisotopic (exact) mass is 567 g/mol. The fraction of sp³-hybridized carbons (Fsp3) is 0.280. The van der Waals surface area contributed by atoms with Gasteiger partial charge in [-0.05, 0) is 54.8 Å². The van der Waals surface area contributed by atoms with Crippen molar-refractivity contribution in [2.75, 3.05) is 35.9 Å². The summed E-state index contributed by atoms with van der Waals surface area (Å²) in [7, 11) is -3.74. The summed E-state index contributed by atoms with van der Waals surface area (Å²) in [4.78, 5) is 21.4. The Morgan fingerprint density at radius 2 is 2.03 bits per heavy atom. The first-order chi connectivity index (χ1) is 17.8. The second-order valence-corrected chi connectivity index (χ2v) is 11.9. The molecule has 0 spiro atoms. The van der Waals surface area contributed by atoms with Crippen LogP contribution in [-0.4, -0.2) is 66.2 Å². The third-order valence-electron chi connectivity index (χ3n) is 6.60. The number of aliphatic hydroxyl groups is 1. The molecule has 0 bridgehead atoms. The van der Waals surface area contributed by atoms with Crippen molar-refractivity contribution in [3.8, 4) is 0 Å². The maximum Gasteiger partial charge on any atom is 0.263 e. The molecule has 2 aromatic carbocycles. The van der Waals surface area contributed by atoms with Crippen LogP contribution in [0, 0.1) is 0 Å². The molecular formula is C25H34ClN5O4S2. The number of hydrogen-bond donors (Lipinski definition) is 2. The zero-order valence-electron chi connectivity index (χ0n) is 20.0. The number of anilines is 2. The van der Waals surface area contributed by atoms with Crippen LogP contribution in [0.4, 0.5) is 10.8 Å². The van der Waals surface area contributed by atoms with Crippen LogP contribution in [0.5, 0.6) is 0 Å². The van der Waals surface area contributed by atoms with Gasteiger partial charge in [0.1, 0.15) is 6.04 Å². The Morgan fingerprint density at radius 1 is 1.24 bits per heavy atom. The van der Waals surface area contributed by atoms with Crippen LogP contribution >= 0.6 is 22.9 Å². The van der Waals surface area contributed by atoms with Crippen molar-refractivity contribution in [2.45, 2.75) is 23.9 Å². The normalized spacial score (nSPS) is 17.2. The summed E-state index contributed by atoms with van der Waals surface area (Å²) >= 11 is 7.38. The van der Waals surface area contributed by atoms with Crippen LogP contribution in [0.3, 0.4) is 0 Å². The minimum Gasteiger partial charge on any atom is -0.394 e. The summed E-state index contributed by atoms with van der Waals surface area (Å²) in [6.45, 7) is 3.08. The van der Waals surface area contributed by atoms with E-state index in [1.54, 1.807) is 34.5 Å². The van der Waals surface area contributed by atoms with E-state index in [4.69, 9.17) is 11.6 Å². The number of nitrogens with zero attached hydrogens (tertiary/aromatic N) is 4. The highest BCUT2D eigenvalue weighted by Gasteiger charge is 2.33. The van der Waals surface area contributed by atoms with Gasteiger partial charge < -0.3 is 19.5 Å². The Kier molecular flexibility index (Phi) is 7.13. The number of rotatable bonds is 7. The third-order valence-corrected chi connectivity index (χ3v) is 9.01. The molecule has 1 aliphatic rings. The van der Waals surface area contributed by atoms with Gasteiger partial charge in [0.25, 0.3) is 10.0 Å². The SMILES string of the molecule is C[C@H](C(=O)N1CCN(c2ccc(S(=O)(=O)Nc3nccs3)cc2)C[C@@H]1CO)n1ccc2ccc(Cl)cc21.[HH].[HH].[HH].[HH]. The van der Waals surface area contributed by atoms with Crippen molar-refractivity contribution in [1.82, 2.24) is 14.5 Å². The van der Waals surface area contributed by atoms with Gasteiger partial charge in [-0.3, -0.25) is 9.52 Å². The molecule has 0 saturated carbocycles. The number of nitrogens with one attached hydrogen (secondary N) is 1. The number of aliphatic hydroxyl groups excluding tert-OH is 1. The fourth-order valence-corrected chi connectivity index (χ4v) is 6.59. The average molecular weight is 568 g/mol. The number of amides is 1. The minimum atomic E-state index is -3.74. The van der Waals surface area contributed by atoms with Crippen molar-refractivity contribution >= 4 is 60.6 Å². The number of fused-ring (bicyclic) bond motifs is 1. The molecule has 202 valence electrons. The van der Waals surface area contributed by atoms with E-state index in [0.717, 1.165) is 16.6 Å². The van der Waals surface area contributed by atoms with Crippen LogP contribution in [0.15, 0.2) is 71.2 Å². The van der Waals surface area contributed by atoms with E-state index >= 15 is 0 Å². The topological polar surface area (TPSA) is 108 Å². The number of hydrogen-bond acceptors (Lipinski definition) is 7. The first kappa shape index (κ1) is 25.5. The zero-order chi connectivity index (χ0) is 26.2. The van der Waals surface area contributed by atoms with Crippen molar-refractivity contribution < 1.29 is 24.0 Å². The van der Waals surface area contributed by atoms with Crippen LogP contribution in [0.1, 0.15) is 18.7 Å². The smallest absolute Gasteiger partial charge is 0.263 e. The molecule has 12 heteroatoms. The Balaban J connectivity index is 0.00000210. The number of sulfonamides is 1. The van der Waals surface area contributed by atoms with Crippen molar-refractivity contribution in [2.24, 2.45) is 0 Å². The van der Waals surface area contributed by atoms with E-state index in [1.807, 2.05) is 46.9 Å². The first-order valence-electron chi connectivity index (χ1n) is 11.7. The standard InChI is InChI=1S/C25H26ClN5O4S2.4H2/c1-17(30-10-8-18-2-3-19(26)14-23(18)30)24(33)31-12-11-29(15-21(31)16-32)20-4-6-22(7-5-20)37(34,35)28-25-27-9-13-36-25;;;;/h2-10,13-14,17,21,32H,11-12,15-16H2,1H3,(H,27,28);4*1H/t17-,21-;;;;/m1..../s1. The van der Waals surface area contributed by atoms with Crippen LogP contribution < -0.4 is 9.62 Å². The molecule has 37 heavy (non-hydrogen) atoms. The highest BCUT2D eigenvalue weighted by molar-refractivity contribution is 7.93. The summed E-state index contributed by atoms with van der Waals surface area (Å²) in [5.74, 6) is -0.0779. The molecule has 1 amide bonds. The van der Waals surface area contributed by atoms with Crippen LogP contribution in [-0.2, 0) is 14.8 Å². The van der Waals surface area contributed by atoms with Gasteiger partial charge in [0.2, 0.25) is 5.91 Å². The predicted molar refractivity (Wildman–Crippen MR) is 154 cm³/mol. The lowest BCUT2D eigenvalue weighted by atomic mass is 10.1. The third kappa shape index (κ3) is 5.17. The molecule has 1 aliphatic heterocycles. The number of piperazine rings is 1. The Morgan fingerprint density at radius 3 is 2.73 bits per heavy atom. The van der Waals surface area contributed by atoms with Gasteiger partial charge in [-0.15, -0.1) is 11.3 Å². The van der Waals surface area contributed by atoms with Gasteiger partial charge in [-0.25, -0.2) is 13.4 Å². The predicted octanol–water partition coefficient (Wildman–Crippen LogP) is 4.81. The number of benzene rings is 2. The van der Waals surface area contributed by atoms with Gasteiger partial charge in [-0.1, -0.05) is 17.7 Å². The molecule has 0 radical (unpaired) electrons. The van der Waals surface area contributed by atoms with Gasteiger partial charge in [0.05, 0.1) is 23.1 Å². The summed E-state index contributed by atoms with van der Waals surface area (Å²) in [5, 5.41) is 13.7. The van der Waals surface area contributed by atoms with Gasteiger partial charge >= 0.3 is 0 Å². The molecule has 0 aliphatic carbocycles. The van der Waals surface area contributed by atoms with Gasteiger partial charge in [0, 0.05) is 53.8 Å². The van der Waals surface area contributed by atoms with E-state index in [1.165, 1.54) is 17.5 Å². The number of halogens is 1. The van der Waals surface area contributed by atoms with Crippen molar-refractivity contribution in [1.29, 1.82) is 0 Å². The lowest BCUT2D eigenvalue weighted by Crippen LogP contribution is -2.57. The van der Waals surface area contributed by atoms with E-state index in [9.17, 15) is 18.3 Å². The number of thiazole rings is 1.